The third-order valence-corrected chi connectivity index (χ3v) is 2.65. The van der Waals surface area contributed by atoms with E-state index in [4.69, 9.17) is 20.3 Å². The number of anilines is 1. The summed E-state index contributed by atoms with van der Waals surface area (Å²) in [5.74, 6) is -0.171. The third kappa shape index (κ3) is 2.61. The average Bonchev–Trinajstić information content (AvgIpc) is 2.45. The molecule has 0 bridgehead atoms. The van der Waals surface area contributed by atoms with Crippen LogP contribution in [0.3, 0.4) is 0 Å². The molecule has 1 heterocycles. The van der Waals surface area contributed by atoms with Gasteiger partial charge in [-0.3, -0.25) is 0 Å². The van der Waals surface area contributed by atoms with E-state index in [1.165, 1.54) is 13.2 Å². The van der Waals surface area contributed by atoms with Crippen molar-refractivity contribution in [2.45, 2.75) is 0 Å². The number of aromatic nitrogens is 2. The zero-order chi connectivity index (χ0) is 14.7. The van der Waals surface area contributed by atoms with Gasteiger partial charge in [0, 0.05) is 11.6 Å². The number of aromatic carboxylic acids is 1. The number of hydrogen-bond donors (Lipinski definition) is 2. The average molecular weight is 275 g/mol. The first-order valence-corrected chi connectivity index (χ1v) is 5.65. The van der Waals surface area contributed by atoms with E-state index in [1.54, 1.807) is 25.3 Å². The lowest BCUT2D eigenvalue weighted by molar-refractivity contribution is 0.0690. The summed E-state index contributed by atoms with van der Waals surface area (Å²) in [5.41, 5.74) is 6.33. The van der Waals surface area contributed by atoms with Crippen molar-refractivity contribution >= 4 is 11.9 Å². The molecule has 1 aromatic carbocycles. The van der Waals surface area contributed by atoms with Gasteiger partial charge in [0.05, 0.1) is 19.9 Å². The second kappa shape index (κ2) is 5.43. The largest absolute Gasteiger partial charge is 0.497 e. The fraction of sp³-hybridized carbons (Fsp3) is 0.154. The minimum absolute atomic E-state index is 0.113. The van der Waals surface area contributed by atoms with E-state index in [9.17, 15) is 4.79 Å². The Morgan fingerprint density at radius 3 is 2.55 bits per heavy atom. The predicted octanol–water partition coefficient (Wildman–Crippen LogP) is 1.44. The van der Waals surface area contributed by atoms with Crippen molar-refractivity contribution in [3.8, 4) is 22.8 Å². The molecule has 1 aromatic heterocycles. The van der Waals surface area contributed by atoms with Crippen LogP contribution in [0.25, 0.3) is 11.3 Å². The van der Waals surface area contributed by atoms with Crippen molar-refractivity contribution in [3.63, 3.8) is 0 Å². The molecule has 7 heteroatoms. The number of carbonyl (C=O) groups is 1. The molecule has 3 N–H and O–H groups in total. The van der Waals surface area contributed by atoms with Gasteiger partial charge in [-0.25, -0.2) is 14.8 Å². The SMILES string of the molecule is COc1ccc(-c2cc(C(=O)O)nc(N)n2)c(OC)c1. The maximum Gasteiger partial charge on any atom is 0.354 e. The first-order chi connectivity index (χ1) is 9.55. The number of carboxylic acids is 1. The zero-order valence-corrected chi connectivity index (χ0v) is 11.0. The third-order valence-electron chi connectivity index (χ3n) is 2.65. The molecule has 0 saturated heterocycles. The quantitative estimate of drug-likeness (QED) is 0.869. The molecule has 0 fully saturated rings. The number of rotatable bonds is 4. The molecule has 0 amide bonds. The minimum Gasteiger partial charge on any atom is -0.497 e. The lowest BCUT2D eigenvalue weighted by Gasteiger charge is -2.10. The van der Waals surface area contributed by atoms with Crippen LogP contribution in [0.1, 0.15) is 10.5 Å². The molecule has 0 radical (unpaired) electrons. The lowest BCUT2D eigenvalue weighted by Crippen LogP contribution is -2.06. The summed E-state index contributed by atoms with van der Waals surface area (Å²) in [5, 5.41) is 8.99. The number of hydrogen-bond acceptors (Lipinski definition) is 6. The van der Waals surface area contributed by atoms with Gasteiger partial charge >= 0.3 is 5.97 Å². The van der Waals surface area contributed by atoms with Gasteiger partial charge in [0.2, 0.25) is 5.95 Å². The first kappa shape index (κ1) is 13.6. The van der Waals surface area contributed by atoms with E-state index in [1.807, 2.05) is 0 Å². The Bertz CT molecular complexity index is 658. The van der Waals surface area contributed by atoms with E-state index < -0.39 is 5.97 Å². The molecule has 0 aliphatic heterocycles. The van der Waals surface area contributed by atoms with Crippen LogP contribution in [0, 0.1) is 0 Å². The molecule has 104 valence electrons. The molecule has 0 aliphatic carbocycles. The molecule has 0 atom stereocenters. The molecular weight excluding hydrogens is 262 g/mol. The Labute approximate surface area is 115 Å². The summed E-state index contributed by atoms with van der Waals surface area (Å²) in [6.07, 6.45) is 0. The van der Waals surface area contributed by atoms with Crippen molar-refractivity contribution in [3.05, 3.63) is 30.0 Å². The van der Waals surface area contributed by atoms with E-state index in [0.717, 1.165) is 0 Å². The minimum atomic E-state index is -1.17. The molecule has 7 nitrogen and oxygen atoms in total. The van der Waals surface area contributed by atoms with E-state index in [0.29, 0.717) is 22.8 Å². The lowest BCUT2D eigenvalue weighted by atomic mass is 10.1. The van der Waals surface area contributed by atoms with Crippen LogP contribution in [-0.2, 0) is 0 Å². The van der Waals surface area contributed by atoms with Gasteiger partial charge in [0.15, 0.2) is 5.69 Å². The Balaban J connectivity index is 2.58. The number of carboxylic acid groups (broad SMARTS) is 1. The van der Waals surface area contributed by atoms with Crippen molar-refractivity contribution in [2.75, 3.05) is 20.0 Å². The smallest absolute Gasteiger partial charge is 0.354 e. The second-order valence-electron chi connectivity index (χ2n) is 3.87. The van der Waals surface area contributed by atoms with Crippen LogP contribution in [0.5, 0.6) is 11.5 Å². The Morgan fingerprint density at radius 2 is 1.95 bits per heavy atom. The normalized spacial score (nSPS) is 10.1. The highest BCUT2D eigenvalue weighted by atomic mass is 16.5. The molecule has 0 unspecified atom stereocenters. The topological polar surface area (TPSA) is 108 Å². The highest BCUT2D eigenvalue weighted by molar-refractivity contribution is 5.87. The highest BCUT2D eigenvalue weighted by Gasteiger charge is 2.14. The summed E-state index contributed by atoms with van der Waals surface area (Å²) >= 11 is 0. The van der Waals surface area contributed by atoms with Gasteiger partial charge in [0.1, 0.15) is 11.5 Å². The molecule has 0 saturated carbocycles. The van der Waals surface area contributed by atoms with Crippen molar-refractivity contribution in [1.29, 1.82) is 0 Å². The fourth-order valence-electron chi connectivity index (χ4n) is 1.72. The standard InChI is InChI=1S/C13H13N3O4/c1-19-7-3-4-8(11(5-7)20-2)9-6-10(12(17)18)16-13(14)15-9/h3-6H,1-2H3,(H,17,18)(H2,14,15,16). The maximum atomic E-state index is 11.0. The number of nitrogen functional groups attached to an aromatic ring is 1. The Kier molecular flexibility index (Phi) is 3.69. The number of nitrogens with two attached hydrogens (primary N) is 1. The molecule has 20 heavy (non-hydrogen) atoms. The molecule has 0 spiro atoms. The van der Waals surface area contributed by atoms with Crippen molar-refractivity contribution in [1.82, 2.24) is 9.97 Å². The summed E-state index contributed by atoms with van der Waals surface area (Å²) in [4.78, 5) is 18.7. The highest BCUT2D eigenvalue weighted by Crippen LogP contribution is 2.32. The first-order valence-electron chi connectivity index (χ1n) is 5.65. The van der Waals surface area contributed by atoms with Crippen LogP contribution >= 0.6 is 0 Å². The Morgan fingerprint density at radius 1 is 1.20 bits per heavy atom. The number of ether oxygens (including phenoxy) is 2. The monoisotopic (exact) mass is 275 g/mol. The molecule has 2 rings (SSSR count). The van der Waals surface area contributed by atoms with Crippen molar-refractivity contribution in [2.24, 2.45) is 0 Å². The van der Waals surface area contributed by atoms with E-state index in [-0.39, 0.29) is 11.6 Å². The van der Waals surface area contributed by atoms with Crippen LogP contribution in [0.2, 0.25) is 0 Å². The number of methoxy groups -OCH3 is 2. The van der Waals surface area contributed by atoms with Crippen molar-refractivity contribution < 1.29 is 19.4 Å². The molecule has 2 aromatic rings. The maximum absolute atomic E-state index is 11.0. The van der Waals surface area contributed by atoms with Crippen LogP contribution in [-0.4, -0.2) is 35.3 Å². The van der Waals surface area contributed by atoms with Crippen LogP contribution in [0.4, 0.5) is 5.95 Å². The van der Waals surface area contributed by atoms with Gasteiger partial charge in [-0.05, 0) is 18.2 Å². The summed E-state index contributed by atoms with van der Waals surface area (Å²) in [7, 11) is 3.04. The zero-order valence-electron chi connectivity index (χ0n) is 11.0. The van der Waals surface area contributed by atoms with Gasteiger partial charge in [0.25, 0.3) is 0 Å². The predicted molar refractivity (Wildman–Crippen MR) is 71.9 cm³/mol. The van der Waals surface area contributed by atoms with E-state index in [2.05, 4.69) is 9.97 Å². The summed E-state index contributed by atoms with van der Waals surface area (Å²) in [6.45, 7) is 0. The van der Waals surface area contributed by atoms with E-state index >= 15 is 0 Å². The van der Waals surface area contributed by atoms with Gasteiger partial charge < -0.3 is 20.3 Å². The molecule has 0 aliphatic rings. The summed E-state index contributed by atoms with van der Waals surface area (Å²) < 4.78 is 10.4. The molecular formula is C13H13N3O4. The summed E-state index contributed by atoms with van der Waals surface area (Å²) in [6, 6.07) is 6.44. The number of benzene rings is 1. The van der Waals surface area contributed by atoms with Gasteiger partial charge in [-0.1, -0.05) is 0 Å². The van der Waals surface area contributed by atoms with Gasteiger partial charge in [-0.15, -0.1) is 0 Å². The second-order valence-corrected chi connectivity index (χ2v) is 3.87. The number of nitrogens with zero attached hydrogens (tertiary/aromatic N) is 2. The Hall–Kier alpha value is -2.83. The van der Waals surface area contributed by atoms with Gasteiger partial charge in [-0.2, -0.15) is 0 Å². The van der Waals surface area contributed by atoms with Crippen LogP contribution in [0.15, 0.2) is 24.3 Å². The van der Waals surface area contributed by atoms with Crippen LogP contribution < -0.4 is 15.2 Å². The fourth-order valence-corrected chi connectivity index (χ4v) is 1.72.